The number of nitrogens with one attached hydrogen (secondary N) is 1. The molecule has 5 heteroatoms. The molecular formula is C11H17N3OS. The Balaban J connectivity index is 1.62. The summed E-state index contributed by atoms with van der Waals surface area (Å²) in [5.74, 6) is 3.67. The molecule has 1 aromatic rings. The van der Waals surface area contributed by atoms with Crippen LogP contribution in [0.3, 0.4) is 0 Å². The monoisotopic (exact) mass is 239 g/mol. The number of hydrogen-bond acceptors (Lipinski definition) is 5. The van der Waals surface area contributed by atoms with Crippen LogP contribution in [0, 0.1) is 5.92 Å². The average Bonchev–Trinajstić information content (AvgIpc) is 2.99. The SMILES string of the molecule is C1CSC(c2noc(CC3CCNC3)n2)C1. The molecule has 2 fully saturated rings. The van der Waals surface area contributed by atoms with Crippen LogP contribution >= 0.6 is 11.8 Å². The quantitative estimate of drug-likeness (QED) is 0.871. The van der Waals surface area contributed by atoms with Crippen molar-refractivity contribution in [1.82, 2.24) is 15.5 Å². The smallest absolute Gasteiger partial charge is 0.227 e. The van der Waals surface area contributed by atoms with Crippen molar-refractivity contribution in [1.29, 1.82) is 0 Å². The molecule has 0 amide bonds. The van der Waals surface area contributed by atoms with Gasteiger partial charge in [0.05, 0.1) is 5.25 Å². The molecule has 1 N–H and O–H groups in total. The maximum absolute atomic E-state index is 5.34. The van der Waals surface area contributed by atoms with Crippen LogP contribution in [0.5, 0.6) is 0 Å². The zero-order chi connectivity index (χ0) is 10.8. The van der Waals surface area contributed by atoms with Crippen molar-refractivity contribution < 1.29 is 4.52 Å². The predicted octanol–water partition coefficient (Wildman–Crippen LogP) is 1.79. The Morgan fingerprint density at radius 2 is 2.44 bits per heavy atom. The van der Waals surface area contributed by atoms with E-state index in [-0.39, 0.29) is 0 Å². The molecule has 3 heterocycles. The molecule has 1 aromatic heterocycles. The van der Waals surface area contributed by atoms with Gasteiger partial charge in [0.2, 0.25) is 5.89 Å². The molecule has 2 aliphatic rings. The molecule has 3 rings (SSSR count). The fourth-order valence-corrected chi connectivity index (χ4v) is 3.59. The minimum absolute atomic E-state index is 0.485. The van der Waals surface area contributed by atoms with Gasteiger partial charge in [-0.3, -0.25) is 0 Å². The molecule has 2 saturated heterocycles. The van der Waals surface area contributed by atoms with E-state index in [9.17, 15) is 0 Å². The average molecular weight is 239 g/mol. The highest BCUT2D eigenvalue weighted by Gasteiger charge is 2.24. The van der Waals surface area contributed by atoms with E-state index >= 15 is 0 Å². The summed E-state index contributed by atoms with van der Waals surface area (Å²) in [6.07, 6.45) is 4.66. The maximum Gasteiger partial charge on any atom is 0.227 e. The molecule has 0 bridgehead atoms. The van der Waals surface area contributed by atoms with Crippen molar-refractivity contribution in [3.8, 4) is 0 Å². The third-order valence-corrected chi connectivity index (χ3v) is 4.70. The highest BCUT2D eigenvalue weighted by Crippen LogP contribution is 2.38. The minimum atomic E-state index is 0.485. The minimum Gasteiger partial charge on any atom is -0.339 e. The second kappa shape index (κ2) is 4.75. The van der Waals surface area contributed by atoms with Gasteiger partial charge in [0.15, 0.2) is 5.82 Å². The van der Waals surface area contributed by atoms with E-state index in [1.54, 1.807) is 0 Å². The molecule has 0 aromatic carbocycles. The molecule has 16 heavy (non-hydrogen) atoms. The van der Waals surface area contributed by atoms with Gasteiger partial charge in [-0.05, 0) is 44.0 Å². The van der Waals surface area contributed by atoms with Gasteiger partial charge in [-0.25, -0.2) is 0 Å². The van der Waals surface area contributed by atoms with E-state index < -0.39 is 0 Å². The molecule has 0 radical (unpaired) electrons. The van der Waals surface area contributed by atoms with E-state index in [0.717, 1.165) is 31.2 Å². The number of hydrogen-bond donors (Lipinski definition) is 1. The lowest BCUT2D eigenvalue weighted by Crippen LogP contribution is -2.10. The highest BCUT2D eigenvalue weighted by atomic mass is 32.2. The summed E-state index contributed by atoms with van der Waals surface area (Å²) in [4.78, 5) is 4.53. The first kappa shape index (κ1) is 10.6. The lowest BCUT2D eigenvalue weighted by molar-refractivity contribution is 0.353. The van der Waals surface area contributed by atoms with Gasteiger partial charge in [0.25, 0.3) is 0 Å². The highest BCUT2D eigenvalue weighted by molar-refractivity contribution is 7.99. The van der Waals surface area contributed by atoms with E-state index in [4.69, 9.17) is 4.52 Å². The second-order valence-corrected chi connectivity index (χ2v) is 5.92. The predicted molar refractivity (Wildman–Crippen MR) is 63.4 cm³/mol. The van der Waals surface area contributed by atoms with E-state index in [0.29, 0.717) is 11.2 Å². The van der Waals surface area contributed by atoms with Crippen LogP contribution in [0.15, 0.2) is 4.52 Å². The molecule has 88 valence electrons. The van der Waals surface area contributed by atoms with Gasteiger partial charge in [0.1, 0.15) is 0 Å². The molecular weight excluding hydrogens is 222 g/mol. The van der Waals surface area contributed by atoms with Gasteiger partial charge in [-0.1, -0.05) is 5.16 Å². The van der Waals surface area contributed by atoms with Crippen LogP contribution in [-0.4, -0.2) is 29.0 Å². The van der Waals surface area contributed by atoms with Crippen LogP contribution < -0.4 is 5.32 Å². The zero-order valence-electron chi connectivity index (χ0n) is 9.32. The lowest BCUT2D eigenvalue weighted by atomic mass is 10.1. The normalized spacial score (nSPS) is 30.0. The summed E-state index contributed by atoms with van der Waals surface area (Å²) in [6, 6.07) is 0. The van der Waals surface area contributed by atoms with Gasteiger partial charge in [-0.2, -0.15) is 16.7 Å². The summed E-state index contributed by atoms with van der Waals surface area (Å²) in [7, 11) is 0. The first-order valence-corrected chi connectivity index (χ1v) is 7.11. The summed E-state index contributed by atoms with van der Waals surface area (Å²) in [5, 5.41) is 7.96. The van der Waals surface area contributed by atoms with Crippen molar-refractivity contribution in [3.63, 3.8) is 0 Å². The molecule has 0 aliphatic carbocycles. The Bertz CT molecular complexity index is 343. The fourth-order valence-electron chi connectivity index (χ4n) is 2.40. The van der Waals surface area contributed by atoms with Crippen molar-refractivity contribution in [2.45, 2.75) is 30.9 Å². The number of rotatable bonds is 3. The Kier molecular flexibility index (Phi) is 3.15. The summed E-state index contributed by atoms with van der Waals surface area (Å²) in [5.41, 5.74) is 0. The van der Waals surface area contributed by atoms with Crippen LogP contribution in [0.4, 0.5) is 0 Å². The van der Waals surface area contributed by atoms with Crippen LogP contribution in [0.2, 0.25) is 0 Å². The Morgan fingerprint density at radius 1 is 1.44 bits per heavy atom. The van der Waals surface area contributed by atoms with Crippen LogP contribution in [-0.2, 0) is 6.42 Å². The third-order valence-electron chi connectivity index (χ3n) is 3.33. The van der Waals surface area contributed by atoms with Gasteiger partial charge in [0, 0.05) is 6.42 Å². The van der Waals surface area contributed by atoms with E-state index in [1.165, 1.54) is 25.0 Å². The first-order chi connectivity index (χ1) is 7.92. The lowest BCUT2D eigenvalue weighted by Gasteiger charge is -2.02. The zero-order valence-corrected chi connectivity index (χ0v) is 10.1. The summed E-state index contributed by atoms with van der Waals surface area (Å²) in [6.45, 7) is 2.22. The van der Waals surface area contributed by atoms with Crippen molar-refractivity contribution >= 4 is 11.8 Å². The molecule has 2 atom stereocenters. The van der Waals surface area contributed by atoms with E-state index in [2.05, 4.69) is 15.5 Å². The first-order valence-electron chi connectivity index (χ1n) is 6.06. The van der Waals surface area contributed by atoms with Crippen LogP contribution in [0.25, 0.3) is 0 Å². The van der Waals surface area contributed by atoms with Crippen molar-refractivity contribution in [2.24, 2.45) is 5.92 Å². The maximum atomic E-state index is 5.34. The molecule has 0 spiro atoms. The second-order valence-electron chi connectivity index (χ2n) is 4.61. The number of aromatic nitrogens is 2. The summed E-state index contributed by atoms with van der Waals surface area (Å²) < 4.78 is 5.34. The van der Waals surface area contributed by atoms with Gasteiger partial charge < -0.3 is 9.84 Å². The van der Waals surface area contributed by atoms with E-state index in [1.807, 2.05) is 11.8 Å². The van der Waals surface area contributed by atoms with Gasteiger partial charge >= 0.3 is 0 Å². The summed E-state index contributed by atoms with van der Waals surface area (Å²) >= 11 is 1.95. The third kappa shape index (κ3) is 2.25. The number of thioether (sulfide) groups is 1. The molecule has 2 aliphatic heterocycles. The Morgan fingerprint density at radius 3 is 3.19 bits per heavy atom. The van der Waals surface area contributed by atoms with Crippen LogP contribution in [0.1, 0.15) is 36.2 Å². The fraction of sp³-hybridized carbons (Fsp3) is 0.818. The van der Waals surface area contributed by atoms with Crippen molar-refractivity contribution in [3.05, 3.63) is 11.7 Å². The Hall–Kier alpha value is -0.550. The Labute approximate surface area is 99.6 Å². The molecule has 4 nitrogen and oxygen atoms in total. The molecule has 2 unspecified atom stereocenters. The topological polar surface area (TPSA) is 51.0 Å². The largest absolute Gasteiger partial charge is 0.339 e. The number of nitrogens with zero attached hydrogens (tertiary/aromatic N) is 2. The van der Waals surface area contributed by atoms with Gasteiger partial charge in [-0.15, -0.1) is 0 Å². The van der Waals surface area contributed by atoms with Crippen molar-refractivity contribution in [2.75, 3.05) is 18.8 Å². The standard InChI is InChI=1S/C11H17N3OS/c1-2-9(16-5-1)11-13-10(15-14-11)6-8-3-4-12-7-8/h8-9,12H,1-7H2. The molecule has 0 saturated carbocycles.